The molecule has 1 rings (SSSR count). The second-order valence-electron chi connectivity index (χ2n) is 4.68. The summed E-state index contributed by atoms with van der Waals surface area (Å²) in [5.74, 6) is 0.975. The molecule has 0 spiro atoms. The molecule has 0 aliphatic heterocycles. The van der Waals surface area contributed by atoms with E-state index in [-0.39, 0.29) is 12.6 Å². The predicted octanol–water partition coefficient (Wildman–Crippen LogP) is 2.18. The summed E-state index contributed by atoms with van der Waals surface area (Å²) >= 11 is 0. The van der Waals surface area contributed by atoms with Crippen LogP contribution in [0, 0.1) is 0 Å². The number of ether oxygens (including phenoxy) is 3. The van der Waals surface area contributed by atoms with Crippen LogP contribution in [0.25, 0.3) is 0 Å². The molecule has 21 heavy (non-hydrogen) atoms. The number of nitrogens with one attached hydrogen (secondary N) is 1. The van der Waals surface area contributed by atoms with Crippen LogP contribution in [-0.2, 0) is 16.0 Å². The molecule has 1 unspecified atom stereocenters. The number of esters is 1. The van der Waals surface area contributed by atoms with Crippen molar-refractivity contribution in [3.8, 4) is 11.5 Å². The summed E-state index contributed by atoms with van der Waals surface area (Å²) in [4.78, 5) is 11.7. The summed E-state index contributed by atoms with van der Waals surface area (Å²) in [6.45, 7) is 5.05. The minimum absolute atomic E-state index is 0.203. The summed E-state index contributed by atoms with van der Waals surface area (Å²) in [5, 5.41) is 3.11. The zero-order valence-corrected chi connectivity index (χ0v) is 13.3. The summed E-state index contributed by atoms with van der Waals surface area (Å²) in [7, 11) is 2.98. The molecule has 0 saturated heterocycles. The maximum Gasteiger partial charge on any atom is 0.326 e. The van der Waals surface area contributed by atoms with Crippen LogP contribution < -0.4 is 14.8 Å². The molecule has 1 N–H and O–H groups in total. The molecule has 5 heteroatoms. The fourth-order valence-corrected chi connectivity index (χ4v) is 1.90. The monoisotopic (exact) mass is 295 g/mol. The zero-order chi connectivity index (χ0) is 15.7. The number of benzene rings is 1. The maximum absolute atomic E-state index is 11.7. The van der Waals surface area contributed by atoms with Crippen molar-refractivity contribution in [2.75, 3.05) is 27.4 Å². The van der Waals surface area contributed by atoms with Gasteiger partial charge in [0, 0.05) is 0 Å². The normalized spacial score (nSPS) is 11.8. The summed E-state index contributed by atoms with van der Waals surface area (Å²) in [6.07, 6.45) is 1.86. The topological polar surface area (TPSA) is 56.8 Å². The number of methoxy groups -OCH3 is 2. The van der Waals surface area contributed by atoms with Gasteiger partial charge in [0.05, 0.1) is 14.2 Å². The van der Waals surface area contributed by atoms with E-state index in [0.717, 1.165) is 19.4 Å². The van der Waals surface area contributed by atoms with Crippen LogP contribution >= 0.6 is 0 Å². The van der Waals surface area contributed by atoms with Crippen LogP contribution in [-0.4, -0.2) is 39.4 Å². The molecular formula is C16H25NO4. The minimum atomic E-state index is -0.481. The van der Waals surface area contributed by atoms with Gasteiger partial charge in [-0.05, 0) is 37.1 Å². The van der Waals surface area contributed by atoms with Crippen molar-refractivity contribution < 1.29 is 19.0 Å². The summed E-state index contributed by atoms with van der Waals surface area (Å²) in [5.41, 5.74) is 1.17. The molecule has 0 radical (unpaired) electrons. The van der Waals surface area contributed by atoms with Gasteiger partial charge in [-0.3, -0.25) is 4.79 Å². The van der Waals surface area contributed by atoms with Crippen molar-refractivity contribution >= 4 is 5.97 Å². The SMILES string of the molecule is CCCNC(COc1ccc(CC)cc1OC)C(=O)OC. The summed E-state index contributed by atoms with van der Waals surface area (Å²) in [6, 6.07) is 5.32. The van der Waals surface area contributed by atoms with Gasteiger partial charge in [0.25, 0.3) is 0 Å². The van der Waals surface area contributed by atoms with E-state index in [1.54, 1.807) is 7.11 Å². The number of hydrogen-bond donors (Lipinski definition) is 1. The first-order valence-corrected chi connectivity index (χ1v) is 7.27. The number of carbonyl (C=O) groups is 1. The average Bonchev–Trinajstić information content (AvgIpc) is 2.54. The van der Waals surface area contributed by atoms with E-state index in [2.05, 4.69) is 12.2 Å². The van der Waals surface area contributed by atoms with Crippen LogP contribution in [0.3, 0.4) is 0 Å². The number of rotatable bonds is 9. The van der Waals surface area contributed by atoms with Crippen LogP contribution in [0.1, 0.15) is 25.8 Å². The van der Waals surface area contributed by atoms with E-state index in [9.17, 15) is 4.79 Å². The Labute approximate surface area is 126 Å². The van der Waals surface area contributed by atoms with Gasteiger partial charge in [-0.2, -0.15) is 0 Å². The molecule has 1 atom stereocenters. The Morgan fingerprint density at radius 3 is 2.57 bits per heavy atom. The summed E-state index contributed by atoms with van der Waals surface area (Å²) < 4.78 is 15.8. The first kappa shape index (κ1) is 17.3. The van der Waals surface area contributed by atoms with Crippen molar-refractivity contribution in [3.05, 3.63) is 23.8 Å². The lowest BCUT2D eigenvalue weighted by molar-refractivity contribution is -0.143. The third-order valence-corrected chi connectivity index (χ3v) is 3.17. The molecule has 0 aliphatic rings. The van der Waals surface area contributed by atoms with Gasteiger partial charge < -0.3 is 19.5 Å². The lowest BCUT2D eigenvalue weighted by Crippen LogP contribution is -2.42. The maximum atomic E-state index is 11.7. The largest absolute Gasteiger partial charge is 0.493 e. The van der Waals surface area contributed by atoms with Crippen molar-refractivity contribution in [2.24, 2.45) is 0 Å². The molecule has 1 aromatic rings. The van der Waals surface area contributed by atoms with E-state index in [0.29, 0.717) is 11.5 Å². The smallest absolute Gasteiger partial charge is 0.326 e. The molecule has 0 bridgehead atoms. The molecule has 0 amide bonds. The van der Waals surface area contributed by atoms with Gasteiger partial charge in [0.2, 0.25) is 0 Å². The van der Waals surface area contributed by atoms with Crippen LogP contribution in [0.4, 0.5) is 0 Å². The second-order valence-corrected chi connectivity index (χ2v) is 4.68. The van der Waals surface area contributed by atoms with Crippen molar-refractivity contribution in [1.29, 1.82) is 0 Å². The zero-order valence-electron chi connectivity index (χ0n) is 13.3. The standard InChI is InChI=1S/C16H25NO4/c1-5-9-17-13(16(18)20-4)11-21-14-8-7-12(6-2)10-15(14)19-3/h7-8,10,13,17H,5-6,9,11H2,1-4H3. The number of hydrogen-bond acceptors (Lipinski definition) is 5. The van der Waals surface area contributed by atoms with E-state index < -0.39 is 6.04 Å². The van der Waals surface area contributed by atoms with Gasteiger partial charge in [-0.15, -0.1) is 0 Å². The van der Waals surface area contributed by atoms with Crippen molar-refractivity contribution in [3.63, 3.8) is 0 Å². The molecule has 118 valence electrons. The van der Waals surface area contributed by atoms with Crippen molar-refractivity contribution in [1.82, 2.24) is 5.32 Å². The van der Waals surface area contributed by atoms with Gasteiger partial charge in [-0.25, -0.2) is 0 Å². The fourth-order valence-electron chi connectivity index (χ4n) is 1.90. The quantitative estimate of drug-likeness (QED) is 0.708. The highest BCUT2D eigenvalue weighted by Gasteiger charge is 2.19. The third-order valence-electron chi connectivity index (χ3n) is 3.17. The molecule has 0 heterocycles. The second kappa shape index (κ2) is 9.23. The lowest BCUT2D eigenvalue weighted by Gasteiger charge is -2.18. The van der Waals surface area contributed by atoms with E-state index in [1.807, 2.05) is 25.1 Å². The van der Waals surface area contributed by atoms with Crippen LogP contribution in [0.15, 0.2) is 18.2 Å². The fraction of sp³-hybridized carbons (Fsp3) is 0.562. The Bertz CT molecular complexity index is 448. The molecule has 0 aromatic heterocycles. The molecule has 1 aromatic carbocycles. The Hall–Kier alpha value is -1.75. The van der Waals surface area contributed by atoms with Crippen LogP contribution in [0.5, 0.6) is 11.5 Å². The Balaban J connectivity index is 2.72. The highest BCUT2D eigenvalue weighted by molar-refractivity contribution is 5.75. The van der Waals surface area contributed by atoms with Crippen molar-refractivity contribution in [2.45, 2.75) is 32.7 Å². The predicted molar refractivity (Wildman–Crippen MR) is 82.0 cm³/mol. The third kappa shape index (κ3) is 5.27. The molecular weight excluding hydrogens is 270 g/mol. The molecule has 0 aliphatic carbocycles. The Kier molecular flexibility index (Phi) is 7.61. The minimum Gasteiger partial charge on any atom is -0.493 e. The average molecular weight is 295 g/mol. The molecule has 5 nitrogen and oxygen atoms in total. The molecule has 0 saturated carbocycles. The van der Waals surface area contributed by atoms with E-state index in [1.165, 1.54) is 12.7 Å². The number of carbonyl (C=O) groups excluding carboxylic acids is 1. The first-order chi connectivity index (χ1) is 10.2. The van der Waals surface area contributed by atoms with Gasteiger partial charge >= 0.3 is 5.97 Å². The Morgan fingerprint density at radius 1 is 1.24 bits per heavy atom. The first-order valence-electron chi connectivity index (χ1n) is 7.27. The van der Waals surface area contributed by atoms with E-state index in [4.69, 9.17) is 14.2 Å². The number of aryl methyl sites for hydroxylation is 1. The lowest BCUT2D eigenvalue weighted by atomic mass is 10.1. The van der Waals surface area contributed by atoms with Gasteiger partial charge in [-0.1, -0.05) is 19.9 Å². The van der Waals surface area contributed by atoms with Gasteiger partial charge in [0.15, 0.2) is 11.5 Å². The Morgan fingerprint density at radius 2 is 2.00 bits per heavy atom. The van der Waals surface area contributed by atoms with E-state index >= 15 is 0 Å². The highest BCUT2D eigenvalue weighted by Crippen LogP contribution is 2.28. The highest BCUT2D eigenvalue weighted by atomic mass is 16.5. The molecule has 0 fully saturated rings. The van der Waals surface area contributed by atoms with Gasteiger partial charge in [0.1, 0.15) is 12.6 Å². The van der Waals surface area contributed by atoms with Crippen LogP contribution in [0.2, 0.25) is 0 Å².